The SMILES string of the molecule is COc1cccc2c1c(=O)n(CC1CCCCN1)c(=O)n2C. The molecular formula is C16H21N3O3. The van der Waals surface area contributed by atoms with Crippen LogP contribution in [0.5, 0.6) is 5.75 Å². The van der Waals surface area contributed by atoms with Crippen LogP contribution in [0.2, 0.25) is 0 Å². The lowest BCUT2D eigenvalue weighted by molar-refractivity contribution is 0.353. The summed E-state index contributed by atoms with van der Waals surface area (Å²) in [4.78, 5) is 25.3. The molecule has 0 saturated carbocycles. The van der Waals surface area contributed by atoms with Gasteiger partial charge >= 0.3 is 5.69 Å². The average Bonchev–Trinajstić information content (AvgIpc) is 2.57. The van der Waals surface area contributed by atoms with Crippen LogP contribution >= 0.6 is 0 Å². The van der Waals surface area contributed by atoms with Gasteiger partial charge in [-0.25, -0.2) is 4.79 Å². The van der Waals surface area contributed by atoms with E-state index in [-0.39, 0.29) is 17.3 Å². The van der Waals surface area contributed by atoms with Gasteiger partial charge in [0.05, 0.1) is 12.6 Å². The third kappa shape index (κ3) is 2.43. The van der Waals surface area contributed by atoms with Gasteiger partial charge in [-0.1, -0.05) is 12.5 Å². The normalized spacial score (nSPS) is 18.5. The fraction of sp³-hybridized carbons (Fsp3) is 0.500. The molecule has 1 aromatic carbocycles. The molecule has 1 aliphatic rings. The number of benzene rings is 1. The molecule has 3 rings (SSSR count). The Bertz CT molecular complexity index is 801. The van der Waals surface area contributed by atoms with Gasteiger partial charge in [-0.05, 0) is 31.5 Å². The number of aromatic nitrogens is 2. The van der Waals surface area contributed by atoms with Gasteiger partial charge in [0.25, 0.3) is 5.56 Å². The third-order valence-corrected chi connectivity index (χ3v) is 4.38. The van der Waals surface area contributed by atoms with Crippen molar-refractivity contribution in [3.05, 3.63) is 39.0 Å². The second-order valence-electron chi connectivity index (χ2n) is 5.76. The monoisotopic (exact) mass is 303 g/mol. The van der Waals surface area contributed by atoms with Gasteiger partial charge in [0.15, 0.2) is 0 Å². The minimum atomic E-state index is -0.280. The van der Waals surface area contributed by atoms with Crippen LogP contribution in [0.4, 0.5) is 0 Å². The largest absolute Gasteiger partial charge is 0.496 e. The molecule has 22 heavy (non-hydrogen) atoms. The number of aryl methyl sites for hydroxylation is 1. The van der Waals surface area contributed by atoms with Crippen LogP contribution < -0.4 is 21.3 Å². The van der Waals surface area contributed by atoms with E-state index in [4.69, 9.17) is 4.74 Å². The average molecular weight is 303 g/mol. The molecule has 0 aliphatic carbocycles. The molecule has 0 amide bonds. The molecule has 1 N–H and O–H groups in total. The Kier molecular flexibility index (Phi) is 4.02. The zero-order valence-electron chi connectivity index (χ0n) is 13.0. The third-order valence-electron chi connectivity index (χ3n) is 4.38. The Morgan fingerprint density at radius 3 is 2.82 bits per heavy atom. The van der Waals surface area contributed by atoms with E-state index in [9.17, 15) is 9.59 Å². The number of piperidine rings is 1. The van der Waals surface area contributed by atoms with Gasteiger partial charge < -0.3 is 10.1 Å². The Hall–Kier alpha value is -2.08. The van der Waals surface area contributed by atoms with E-state index in [1.807, 2.05) is 0 Å². The van der Waals surface area contributed by atoms with Crippen molar-refractivity contribution in [3.8, 4) is 5.75 Å². The molecule has 1 aromatic heterocycles. The highest BCUT2D eigenvalue weighted by molar-refractivity contribution is 5.84. The van der Waals surface area contributed by atoms with E-state index in [0.717, 1.165) is 25.8 Å². The highest BCUT2D eigenvalue weighted by Crippen LogP contribution is 2.20. The van der Waals surface area contributed by atoms with Crippen LogP contribution in [-0.4, -0.2) is 28.8 Å². The molecule has 2 heterocycles. The maximum atomic E-state index is 12.8. The summed E-state index contributed by atoms with van der Waals surface area (Å²) in [6.07, 6.45) is 3.26. The van der Waals surface area contributed by atoms with Crippen molar-refractivity contribution in [1.82, 2.24) is 14.5 Å². The summed E-state index contributed by atoms with van der Waals surface area (Å²) in [6, 6.07) is 5.47. The Balaban J connectivity index is 2.17. The van der Waals surface area contributed by atoms with Crippen molar-refractivity contribution < 1.29 is 4.74 Å². The van der Waals surface area contributed by atoms with Crippen molar-refractivity contribution in [1.29, 1.82) is 0 Å². The Morgan fingerprint density at radius 1 is 1.32 bits per heavy atom. The summed E-state index contributed by atoms with van der Waals surface area (Å²) >= 11 is 0. The van der Waals surface area contributed by atoms with E-state index < -0.39 is 0 Å². The quantitative estimate of drug-likeness (QED) is 0.913. The number of nitrogens with one attached hydrogen (secondary N) is 1. The highest BCUT2D eigenvalue weighted by atomic mass is 16.5. The van der Waals surface area contributed by atoms with Crippen molar-refractivity contribution in [2.24, 2.45) is 7.05 Å². The van der Waals surface area contributed by atoms with Crippen LogP contribution in [-0.2, 0) is 13.6 Å². The van der Waals surface area contributed by atoms with Gasteiger partial charge in [-0.2, -0.15) is 0 Å². The first-order valence-corrected chi connectivity index (χ1v) is 7.63. The molecule has 6 nitrogen and oxygen atoms in total. The second-order valence-corrected chi connectivity index (χ2v) is 5.76. The number of nitrogens with zero attached hydrogens (tertiary/aromatic N) is 2. The molecule has 1 saturated heterocycles. The van der Waals surface area contributed by atoms with Crippen LogP contribution in [0.15, 0.2) is 27.8 Å². The van der Waals surface area contributed by atoms with E-state index in [1.165, 1.54) is 16.2 Å². The molecule has 2 aromatic rings. The number of hydrogen-bond acceptors (Lipinski definition) is 4. The first-order valence-electron chi connectivity index (χ1n) is 7.63. The maximum Gasteiger partial charge on any atom is 0.331 e. The van der Waals surface area contributed by atoms with Crippen molar-refractivity contribution in [3.63, 3.8) is 0 Å². The summed E-state index contributed by atoms with van der Waals surface area (Å²) in [5.41, 5.74) is 0.0447. The van der Waals surface area contributed by atoms with Gasteiger partial charge in [0.1, 0.15) is 11.1 Å². The predicted molar refractivity (Wildman–Crippen MR) is 85.6 cm³/mol. The fourth-order valence-electron chi connectivity index (χ4n) is 3.15. The lowest BCUT2D eigenvalue weighted by Crippen LogP contribution is -2.46. The van der Waals surface area contributed by atoms with Crippen molar-refractivity contribution in [2.45, 2.75) is 31.8 Å². The van der Waals surface area contributed by atoms with Crippen LogP contribution in [0.25, 0.3) is 10.9 Å². The Labute approximate surface area is 128 Å². The molecular weight excluding hydrogens is 282 g/mol. The summed E-state index contributed by atoms with van der Waals surface area (Å²) < 4.78 is 8.15. The summed E-state index contributed by atoms with van der Waals surface area (Å²) in [7, 11) is 3.22. The molecule has 0 radical (unpaired) electrons. The topological polar surface area (TPSA) is 65.3 Å². The summed E-state index contributed by atoms with van der Waals surface area (Å²) in [6.45, 7) is 1.34. The molecule has 1 atom stereocenters. The first kappa shape index (κ1) is 14.8. The minimum Gasteiger partial charge on any atom is -0.496 e. The van der Waals surface area contributed by atoms with E-state index in [0.29, 0.717) is 23.2 Å². The van der Waals surface area contributed by atoms with E-state index >= 15 is 0 Å². The predicted octanol–water partition coefficient (Wildman–Crippen LogP) is 0.851. The molecule has 1 fully saturated rings. The lowest BCUT2D eigenvalue weighted by atomic mass is 10.1. The maximum absolute atomic E-state index is 12.8. The molecule has 1 unspecified atom stereocenters. The van der Waals surface area contributed by atoms with Crippen molar-refractivity contribution in [2.75, 3.05) is 13.7 Å². The smallest absolute Gasteiger partial charge is 0.331 e. The zero-order valence-corrected chi connectivity index (χ0v) is 13.0. The van der Waals surface area contributed by atoms with Crippen LogP contribution in [0.3, 0.4) is 0 Å². The molecule has 0 spiro atoms. The minimum absolute atomic E-state index is 0.173. The van der Waals surface area contributed by atoms with Crippen molar-refractivity contribution >= 4 is 10.9 Å². The highest BCUT2D eigenvalue weighted by Gasteiger charge is 2.19. The number of methoxy groups -OCH3 is 1. The van der Waals surface area contributed by atoms with E-state index in [1.54, 1.807) is 25.2 Å². The van der Waals surface area contributed by atoms with Crippen LogP contribution in [0.1, 0.15) is 19.3 Å². The molecule has 1 aliphatic heterocycles. The molecule has 118 valence electrons. The number of fused-ring (bicyclic) bond motifs is 1. The first-order chi connectivity index (χ1) is 10.6. The summed E-state index contributed by atoms with van der Waals surface area (Å²) in [5.74, 6) is 0.503. The zero-order chi connectivity index (χ0) is 15.7. The number of rotatable bonds is 3. The number of ether oxygens (including phenoxy) is 1. The summed E-state index contributed by atoms with van der Waals surface area (Å²) in [5, 5.41) is 3.84. The number of hydrogen-bond donors (Lipinski definition) is 1. The second kappa shape index (κ2) is 5.96. The van der Waals surface area contributed by atoms with E-state index in [2.05, 4.69) is 5.32 Å². The van der Waals surface area contributed by atoms with Gasteiger partial charge in [0, 0.05) is 19.6 Å². The van der Waals surface area contributed by atoms with Gasteiger partial charge in [-0.3, -0.25) is 13.9 Å². The molecule has 0 bridgehead atoms. The van der Waals surface area contributed by atoms with Crippen LogP contribution in [0, 0.1) is 0 Å². The molecule has 6 heteroatoms. The van der Waals surface area contributed by atoms with Gasteiger partial charge in [-0.15, -0.1) is 0 Å². The lowest BCUT2D eigenvalue weighted by Gasteiger charge is -2.24. The standard InChI is InChI=1S/C16H21N3O3/c1-18-12-7-5-8-13(22-2)14(12)15(20)19(16(18)21)10-11-6-3-4-9-17-11/h5,7-8,11,17H,3-4,6,9-10H2,1-2H3. The fourth-order valence-corrected chi connectivity index (χ4v) is 3.15. The Morgan fingerprint density at radius 2 is 2.14 bits per heavy atom. The van der Waals surface area contributed by atoms with Gasteiger partial charge in [0.2, 0.25) is 0 Å².